The minimum Gasteiger partial charge on any atom is -0.325 e. The number of amides is 1. The summed E-state index contributed by atoms with van der Waals surface area (Å²) in [6, 6.07) is 10.6. The van der Waals surface area contributed by atoms with Crippen molar-refractivity contribution in [3.8, 4) is 0 Å². The number of sulfone groups is 2. The standard InChI is InChI=1S/C27H25F3N2O6S2/c1-16-24(40(37,38)22-11-12-22)14-23(25(33)31-16)26(34)32(19-4-2-3-18(13-19)27(28,29)30)15-17-5-7-20(8-6-17)39(35,36)21-9-10-21/h2-8,13-14,21-22H,9-12,15H2,1H3,(H,31,33). The zero-order valence-corrected chi connectivity index (χ0v) is 22.9. The molecule has 13 heteroatoms. The van der Waals surface area contributed by atoms with E-state index in [4.69, 9.17) is 0 Å². The molecule has 0 saturated heterocycles. The molecule has 8 nitrogen and oxygen atoms in total. The van der Waals surface area contributed by atoms with Crippen molar-refractivity contribution in [3.63, 3.8) is 0 Å². The highest BCUT2D eigenvalue weighted by atomic mass is 32.2. The summed E-state index contributed by atoms with van der Waals surface area (Å²) >= 11 is 0. The molecule has 0 bridgehead atoms. The summed E-state index contributed by atoms with van der Waals surface area (Å²) in [6.45, 7) is 1.08. The number of nitrogens with one attached hydrogen (secondary N) is 1. The Balaban J connectivity index is 1.57. The third-order valence-electron chi connectivity index (χ3n) is 6.98. The maximum atomic E-state index is 13.8. The van der Waals surface area contributed by atoms with Gasteiger partial charge in [0.25, 0.3) is 11.5 Å². The number of alkyl halides is 3. The zero-order valence-electron chi connectivity index (χ0n) is 21.2. The molecule has 1 N–H and O–H groups in total. The summed E-state index contributed by atoms with van der Waals surface area (Å²) in [5.41, 5.74) is -2.19. The number of pyridine rings is 1. The monoisotopic (exact) mass is 594 g/mol. The lowest BCUT2D eigenvalue weighted by molar-refractivity contribution is -0.137. The number of hydrogen-bond acceptors (Lipinski definition) is 6. The van der Waals surface area contributed by atoms with Gasteiger partial charge in [-0.2, -0.15) is 13.2 Å². The van der Waals surface area contributed by atoms with Crippen LogP contribution in [0.5, 0.6) is 0 Å². The van der Waals surface area contributed by atoms with Crippen LogP contribution in [0.3, 0.4) is 0 Å². The third kappa shape index (κ3) is 5.44. The fraction of sp³-hybridized carbons (Fsp3) is 0.333. The molecule has 2 saturated carbocycles. The Labute approximate surface area is 228 Å². The maximum Gasteiger partial charge on any atom is 0.416 e. The number of aromatic amines is 1. The Morgan fingerprint density at radius 2 is 1.52 bits per heavy atom. The van der Waals surface area contributed by atoms with Crippen molar-refractivity contribution >= 4 is 31.3 Å². The number of H-pyrrole nitrogens is 1. The highest BCUT2D eigenvalue weighted by Crippen LogP contribution is 2.36. The predicted molar refractivity (Wildman–Crippen MR) is 141 cm³/mol. The van der Waals surface area contributed by atoms with E-state index >= 15 is 0 Å². The molecule has 0 aliphatic heterocycles. The van der Waals surface area contributed by atoms with E-state index < -0.39 is 58.9 Å². The van der Waals surface area contributed by atoms with Crippen LogP contribution in [0.15, 0.2) is 69.2 Å². The topological polar surface area (TPSA) is 121 Å². The second-order valence-electron chi connectivity index (χ2n) is 10.1. The largest absolute Gasteiger partial charge is 0.416 e. The van der Waals surface area contributed by atoms with Crippen molar-refractivity contribution < 1.29 is 34.8 Å². The van der Waals surface area contributed by atoms with Crippen LogP contribution in [0.4, 0.5) is 18.9 Å². The zero-order chi connectivity index (χ0) is 29.0. The van der Waals surface area contributed by atoms with Gasteiger partial charge in [-0.05, 0) is 74.6 Å². The van der Waals surface area contributed by atoms with E-state index in [9.17, 15) is 39.6 Å². The molecule has 0 radical (unpaired) electrons. The van der Waals surface area contributed by atoms with E-state index in [1.807, 2.05) is 0 Å². The number of anilines is 1. The minimum absolute atomic E-state index is 0.0616. The molecule has 0 atom stereocenters. The normalized spacial score (nSPS) is 16.1. The minimum atomic E-state index is -4.71. The number of rotatable bonds is 8. The molecular weight excluding hydrogens is 569 g/mol. The van der Waals surface area contributed by atoms with Crippen LogP contribution in [0, 0.1) is 6.92 Å². The quantitative estimate of drug-likeness (QED) is 0.412. The van der Waals surface area contributed by atoms with E-state index in [2.05, 4.69) is 4.98 Å². The molecule has 2 aliphatic rings. The van der Waals surface area contributed by atoms with Crippen molar-refractivity contribution in [2.45, 2.75) is 65.6 Å². The average Bonchev–Trinajstić information content (AvgIpc) is 3.79. The van der Waals surface area contributed by atoms with E-state index in [0.717, 1.165) is 29.2 Å². The second-order valence-corrected chi connectivity index (χ2v) is 14.5. The molecule has 1 aromatic heterocycles. The average molecular weight is 595 g/mol. The Morgan fingerprint density at radius 1 is 0.925 bits per heavy atom. The molecule has 40 heavy (non-hydrogen) atoms. The lowest BCUT2D eigenvalue weighted by Crippen LogP contribution is -2.35. The molecule has 1 amide bonds. The van der Waals surface area contributed by atoms with Crippen LogP contribution >= 0.6 is 0 Å². The maximum absolute atomic E-state index is 13.8. The first-order chi connectivity index (χ1) is 18.7. The van der Waals surface area contributed by atoms with Gasteiger partial charge in [-0.3, -0.25) is 9.59 Å². The van der Waals surface area contributed by atoms with Crippen LogP contribution in [-0.2, 0) is 32.4 Å². The smallest absolute Gasteiger partial charge is 0.325 e. The molecule has 0 unspecified atom stereocenters. The lowest BCUT2D eigenvalue weighted by Gasteiger charge is -2.24. The van der Waals surface area contributed by atoms with Crippen LogP contribution in [0.2, 0.25) is 0 Å². The first-order valence-corrected chi connectivity index (χ1v) is 15.6. The van der Waals surface area contributed by atoms with Gasteiger partial charge in [0, 0.05) is 11.4 Å². The van der Waals surface area contributed by atoms with Crippen LogP contribution in [0.1, 0.15) is 52.9 Å². The van der Waals surface area contributed by atoms with Crippen molar-refractivity contribution in [3.05, 3.63) is 87.3 Å². The van der Waals surface area contributed by atoms with Crippen LogP contribution in [0.25, 0.3) is 0 Å². The van der Waals surface area contributed by atoms with Gasteiger partial charge in [-0.25, -0.2) is 16.8 Å². The number of aromatic nitrogens is 1. The summed E-state index contributed by atoms with van der Waals surface area (Å²) in [5, 5.41) is -1.05. The molecule has 2 fully saturated rings. The third-order valence-corrected chi connectivity index (χ3v) is 11.6. The SMILES string of the molecule is Cc1[nH]c(=O)c(C(=O)N(Cc2ccc(S(=O)(=O)C3CC3)cc2)c2cccc(C(F)(F)F)c2)cc1S(=O)(=O)C1CC1. The van der Waals surface area contributed by atoms with Crippen molar-refractivity contribution in [2.75, 3.05) is 4.90 Å². The number of nitrogens with zero attached hydrogens (tertiary/aromatic N) is 1. The highest BCUT2D eigenvalue weighted by Gasteiger charge is 2.39. The van der Waals surface area contributed by atoms with E-state index in [1.54, 1.807) is 0 Å². The fourth-order valence-electron chi connectivity index (χ4n) is 4.43. The van der Waals surface area contributed by atoms with Gasteiger partial charge in [-0.15, -0.1) is 0 Å². The highest BCUT2D eigenvalue weighted by molar-refractivity contribution is 7.92. The van der Waals surface area contributed by atoms with E-state index in [-0.39, 0.29) is 27.7 Å². The van der Waals surface area contributed by atoms with Gasteiger partial charge in [0.2, 0.25) is 0 Å². The first-order valence-electron chi connectivity index (χ1n) is 12.5. The Bertz CT molecular complexity index is 1760. The first kappa shape index (κ1) is 28.1. The summed E-state index contributed by atoms with van der Waals surface area (Å²) < 4.78 is 91.5. The fourth-order valence-corrected chi connectivity index (χ4v) is 7.96. The summed E-state index contributed by atoms with van der Waals surface area (Å²) in [6.07, 6.45) is -2.66. The number of benzene rings is 2. The van der Waals surface area contributed by atoms with Crippen molar-refractivity contribution in [2.24, 2.45) is 0 Å². The lowest BCUT2D eigenvalue weighted by atomic mass is 10.1. The Hall–Kier alpha value is -3.45. The molecule has 0 spiro atoms. The van der Waals surface area contributed by atoms with Gasteiger partial charge in [-0.1, -0.05) is 18.2 Å². The number of carbonyl (C=O) groups excluding carboxylic acids is 1. The van der Waals surface area contributed by atoms with Gasteiger partial charge in [0.15, 0.2) is 19.7 Å². The summed E-state index contributed by atoms with van der Waals surface area (Å²) in [5.74, 6) is -1.01. The summed E-state index contributed by atoms with van der Waals surface area (Å²) in [4.78, 5) is 29.8. The van der Waals surface area contributed by atoms with E-state index in [0.29, 0.717) is 31.2 Å². The second kappa shape index (κ2) is 9.88. The van der Waals surface area contributed by atoms with Gasteiger partial charge < -0.3 is 9.88 Å². The molecular formula is C27H25F3N2O6S2. The van der Waals surface area contributed by atoms with Crippen LogP contribution in [-0.4, -0.2) is 38.2 Å². The van der Waals surface area contributed by atoms with Gasteiger partial charge in [0.1, 0.15) is 5.56 Å². The van der Waals surface area contributed by atoms with Crippen molar-refractivity contribution in [1.82, 2.24) is 4.98 Å². The van der Waals surface area contributed by atoms with Gasteiger partial charge >= 0.3 is 6.18 Å². The number of carbonyl (C=O) groups is 1. The number of hydrogen-bond donors (Lipinski definition) is 1. The molecule has 2 aromatic carbocycles. The summed E-state index contributed by atoms with van der Waals surface area (Å²) in [7, 11) is -7.29. The van der Waals surface area contributed by atoms with E-state index in [1.165, 1.54) is 37.3 Å². The van der Waals surface area contributed by atoms with Crippen LogP contribution < -0.4 is 10.5 Å². The Kier molecular flexibility index (Phi) is 6.94. The number of halogens is 3. The van der Waals surface area contributed by atoms with Gasteiger partial charge in [0.05, 0.1) is 32.4 Å². The molecule has 212 valence electrons. The molecule has 2 aliphatic carbocycles. The molecule has 5 rings (SSSR count). The number of aryl methyl sites for hydroxylation is 1. The molecule has 1 heterocycles. The molecule has 3 aromatic rings. The van der Waals surface area contributed by atoms with Crippen molar-refractivity contribution in [1.29, 1.82) is 0 Å². The Morgan fingerprint density at radius 3 is 2.10 bits per heavy atom. The predicted octanol–water partition coefficient (Wildman–Crippen LogP) is 4.42.